The number of esters is 3. The molecule has 0 bridgehead atoms. The molecule has 2 unspecified atom stereocenters. The van der Waals surface area contributed by atoms with Crippen molar-refractivity contribution in [3.63, 3.8) is 0 Å². The quantitative estimate of drug-likeness (QED) is 0.0648. The molecule has 0 amide bonds. The summed E-state index contributed by atoms with van der Waals surface area (Å²) in [7, 11) is -4.18. The van der Waals surface area contributed by atoms with Gasteiger partial charge < -0.3 is 33.0 Å². The predicted molar refractivity (Wildman–Crippen MR) is 84.7 cm³/mol. The Morgan fingerprint density at radius 3 is 1.82 bits per heavy atom. The van der Waals surface area contributed by atoms with E-state index in [0.717, 1.165) is 0 Å². The average molecular weight is 438 g/mol. The van der Waals surface area contributed by atoms with Crippen LogP contribution < -0.4 is 29.6 Å². The second-order valence-electron chi connectivity index (χ2n) is 4.79. The molecule has 0 aromatic rings. The van der Waals surface area contributed by atoms with Gasteiger partial charge in [-0.3, -0.25) is 14.4 Å². The smallest absolute Gasteiger partial charge is 0.747 e. The third kappa shape index (κ3) is 11.9. The largest absolute Gasteiger partial charge is 1.00 e. The Hall–Kier alpha value is -0.800. The molecule has 14 heteroatoms. The van der Waals surface area contributed by atoms with E-state index in [4.69, 9.17) is 9.47 Å². The Labute approximate surface area is 185 Å². The fourth-order valence-corrected chi connectivity index (χ4v) is 2.63. The predicted octanol–water partition coefficient (Wildman–Crippen LogP) is -3.87. The van der Waals surface area contributed by atoms with Gasteiger partial charge in [-0.1, -0.05) is 0 Å². The van der Waals surface area contributed by atoms with Crippen LogP contribution >= 0.6 is 0 Å². The molecule has 0 aromatic heterocycles. The summed E-state index contributed by atoms with van der Waals surface area (Å²) in [5, 5.41) is -2.54. The molecule has 0 fully saturated rings. The van der Waals surface area contributed by atoms with E-state index in [0.29, 0.717) is 0 Å². The number of hydrogen-bond donors (Lipinski definition) is 0. The van der Waals surface area contributed by atoms with Crippen molar-refractivity contribution in [1.82, 2.24) is 0 Å². The molecule has 0 aliphatic rings. The fraction of sp³-hybridized carbons (Fsp3) is 0.786. The molecule has 0 aliphatic heterocycles. The van der Waals surface area contributed by atoms with Crippen LogP contribution in [0, 0.1) is 5.92 Å². The first-order valence-electron chi connectivity index (χ1n) is 7.76. The Morgan fingerprint density at radius 2 is 1.39 bits per heavy atom. The van der Waals surface area contributed by atoms with Crippen molar-refractivity contribution in [2.45, 2.75) is 25.5 Å². The Bertz CT molecular complexity index is 579. The molecule has 0 saturated carbocycles. The first-order valence-corrected chi connectivity index (χ1v) is 9.24. The maximum Gasteiger partial charge on any atom is 1.00 e. The summed E-state index contributed by atoms with van der Waals surface area (Å²) in [5.41, 5.74) is 0. The maximum atomic E-state index is 12.2. The van der Waals surface area contributed by atoms with Crippen LogP contribution in [0.4, 0.5) is 0 Å². The molecular weight excluding hydrogens is 415 g/mol. The van der Waals surface area contributed by atoms with Gasteiger partial charge in [0.15, 0.2) is 25.6 Å². The molecule has 0 aromatic carbocycles. The van der Waals surface area contributed by atoms with E-state index in [2.05, 4.69) is 18.9 Å². The normalized spacial score (nSPS) is 13.0. The number of rotatable bonds is 14. The Kier molecular flexibility index (Phi) is 16.9. The van der Waals surface area contributed by atoms with Crippen molar-refractivity contribution < 1.29 is 85.3 Å². The topological polar surface area (TPSA) is 164 Å². The summed E-state index contributed by atoms with van der Waals surface area (Å²) in [6.07, 6.45) is -0.940. The number of methoxy groups -OCH3 is 1. The first kappa shape index (κ1) is 29.4. The van der Waals surface area contributed by atoms with Crippen LogP contribution in [0.25, 0.3) is 0 Å². The van der Waals surface area contributed by atoms with Gasteiger partial charge in [-0.15, -0.1) is 0 Å². The van der Waals surface area contributed by atoms with Crippen LogP contribution in [0.1, 0.15) is 20.3 Å². The molecular formula is C14H23NaO12S. The van der Waals surface area contributed by atoms with Gasteiger partial charge in [-0.05, 0) is 13.8 Å². The maximum absolute atomic E-state index is 12.2. The molecule has 158 valence electrons. The van der Waals surface area contributed by atoms with Crippen molar-refractivity contribution in [2.24, 2.45) is 5.92 Å². The fourth-order valence-electron chi connectivity index (χ4n) is 1.72. The zero-order chi connectivity index (χ0) is 20.9. The summed E-state index contributed by atoms with van der Waals surface area (Å²) in [4.78, 5) is 36.0. The van der Waals surface area contributed by atoms with Gasteiger partial charge in [-0.2, -0.15) is 0 Å². The molecule has 2 atom stereocenters. The summed E-state index contributed by atoms with van der Waals surface area (Å²) in [6.45, 7) is 1.80. The second-order valence-corrected chi connectivity index (χ2v) is 6.29. The minimum atomic E-state index is -5.40. The third-order valence-electron chi connectivity index (χ3n) is 2.91. The van der Waals surface area contributed by atoms with E-state index in [1.165, 1.54) is 7.11 Å². The number of hydrogen-bond acceptors (Lipinski definition) is 12. The molecule has 0 aliphatic carbocycles. The van der Waals surface area contributed by atoms with Crippen molar-refractivity contribution in [1.29, 1.82) is 0 Å². The van der Waals surface area contributed by atoms with E-state index in [9.17, 15) is 27.4 Å². The minimum absolute atomic E-state index is 0. The van der Waals surface area contributed by atoms with Crippen LogP contribution in [0.15, 0.2) is 0 Å². The van der Waals surface area contributed by atoms with Crippen LogP contribution in [0.2, 0.25) is 0 Å². The van der Waals surface area contributed by atoms with Crippen LogP contribution in [0.3, 0.4) is 0 Å². The number of ether oxygens (including phenoxy) is 6. The first-order chi connectivity index (χ1) is 12.7. The SMILES string of the molecule is CCOCOC(=O)C(CC(=O)OCOC)C(C(=O)OCOCC)S(=O)(=O)[O-].[Na+]. The molecule has 0 N–H and O–H groups in total. The van der Waals surface area contributed by atoms with Gasteiger partial charge in [0, 0.05) is 20.3 Å². The molecule has 0 radical (unpaired) electrons. The van der Waals surface area contributed by atoms with Crippen molar-refractivity contribution in [3.8, 4) is 0 Å². The summed E-state index contributed by atoms with van der Waals surface area (Å²) in [5.74, 6) is -5.99. The van der Waals surface area contributed by atoms with Crippen molar-refractivity contribution in [2.75, 3.05) is 40.7 Å². The van der Waals surface area contributed by atoms with Crippen molar-refractivity contribution >= 4 is 28.0 Å². The van der Waals surface area contributed by atoms with Gasteiger partial charge in [0.1, 0.15) is 10.1 Å². The van der Waals surface area contributed by atoms with E-state index in [1.807, 2.05) is 0 Å². The van der Waals surface area contributed by atoms with E-state index in [-0.39, 0.29) is 42.8 Å². The van der Waals surface area contributed by atoms with Gasteiger partial charge >= 0.3 is 47.5 Å². The molecule has 0 rings (SSSR count). The number of carbonyl (C=O) groups is 3. The van der Waals surface area contributed by atoms with Crippen LogP contribution in [-0.2, 0) is 52.9 Å². The van der Waals surface area contributed by atoms with Crippen molar-refractivity contribution in [3.05, 3.63) is 0 Å². The number of carbonyl (C=O) groups excluding carboxylic acids is 3. The van der Waals surface area contributed by atoms with Gasteiger partial charge in [0.25, 0.3) is 0 Å². The van der Waals surface area contributed by atoms with E-state index < -0.39 is 66.0 Å². The molecule has 12 nitrogen and oxygen atoms in total. The molecule has 0 spiro atoms. The van der Waals surface area contributed by atoms with Gasteiger partial charge in [-0.25, -0.2) is 8.42 Å². The van der Waals surface area contributed by atoms with Crippen LogP contribution in [0.5, 0.6) is 0 Å². The monoisotopic (exact) mass is 438 g/mol. The zero-order valence-electron chi connectivity index (χ0n) is 16.2. The Morgan fingerprint density at radius 1 is 0.893 bits per heavy atom. The van der Waals surface area contributed by atoms with Crippen LogP contribution in [-0.4, -0.2) is 76.8 Å². The molecule has 0 saturated heterocycles. The summed E-state index contributed by atoms with van der Waals surface area (Å²) in [6, 6.07) is 0. The van der Waals surface area contributed by atoms with E-state index in [1.54, 1.807) is 13.8 Å². The molecule has 0 heterocycles. The molecule has 28 heavy (non-hydrogen) atoms. The third-order valence-corrected chi connectivity index (χ3v) is 4.06. The summed E-state index contributed by atoms with van der Waals surface area (Å²) < 4.78 is 62.5. The standard InChI is InChI=1S/C14H24O12S.Na/c1-4-22-8-25-13(16)10(6-11(15)24-7-21-3)12(27(18,19)20)14(17)26-9-23-5-2;/h10,12H,4-9H2,1-3H3,(H,18,19,20);/q;+1/p-1. The summed E-state index contributed by atoms with van der Waals surface area (Å²) >= 11 is 0. The minimum Gasteiger partial charge on any atom is -0.747 e. The van der Waals surface area contributed by atoms with Gasteiger partial charge in [0.05, 0.1) is 12.3 Å². The second kappa shape index (κ2) is 16.0. The van der Waals surface area contributed by atoms with Gasteiger partial charge in [0.2, 0.25) is 0 Å². The Balaban J connectivity index is 0. The average Bonchev–Trinajstić information content (AvgIpc) is 2.58. The van der Waals surface area contributed by atoms with E-state index >= 15 is 0 Å². The zero-order valence-corrected chi connectivity index (χ0v) is 19.0.